The molecule has 0 aliphatic heterocycles. The molecule has 2 amide bonds. The van der Waals surface area contributed by atoms with E-state index in [0.29, 0.717) is 11.3 Å². The van der Waals surface area contributed by atoms with Gasteiger partial charge in [0.25, 0.3) is 5.91 Å². The van der Waals surface area contributed by atoms with Crippen molar-refractivity contribution in [2.24, 2.45) is 0 Å². The van der Waals surface area contributed by atoms with Gasteiger partial charge >= 0.3 is 0 Å². The number of fused-ring (bicyclic) bond motifs is 1. The van der Waals surface area contributed by atoms with E-state index in [1.54, 1.807) is 24.3 Å². The number of carbonyl (C=O) groups is 2. The van der Waals surface area contributed by atoms with Gasteiger partial charge in [0.15, 0.2) is 0 Å². The van der Waals surface area contributed by atoms with Crippen LogP contribution in [0.3, 0.4) is 0 Å². The van der Waals surface area contributed by atoms with Crippen LogP contribution in [0, 0.1) is 13.8 Å². The van der Waals surface area contributed by atoms with Crippen molar-refractivity contribution in [2.45, 2.75) is 46.1 Å². The monoisotopic (exact) mass is 402 g/mol. The van der Waals surface area contributed by atoms with Crippen LogP contribution in [-0.4, -0.2) is 21.6 Å². The molecular weight excluding hydrogens is 376 g/mol. The van der Waals surface area contributed by atoms with E-state index in [-0.39, 0.29) is 17.9 Å². The first-order valence-electron chi connectivity index (χ1n) is 10.2. The third kappa shape index (κ3) is 4.13. The molecule has 0 bridgehead atoms. The lowest BCUT2D eigenvalue weighted by molar-refractivity contribution is -0.114. The number of benzene rings is 2. The number of aromatic nitrogens is 2. The van der Waals surface area contributed by atoms with Crippen LogP contribution in [0.2, 0.25) is 0 Å². The van der Waals surface area contributed by atoms with Crippen molar-refractivity contribution in [2.75, 3.05) is 5.32 Å². The third-order valence-corrected chi connectivity index (χ3v) is 5.38. The highest BCUT2D eigenvalue weighted by Crippen LogP contribution is 2.31. The van der Waals surface area contributed by atoms with Crippen molar-refractivity contribution in [1.82, 2.24) is 15.1 Å². The molecule has 0 spiro atoms. The van der Waals surface area contributed by atoms with Gasteiger partial charge in [-0.2, -0.15) is 5.10 Å². The van der Waals surface area contributed by atoms with E-state index in [1.165, 1.54) is 18.1 Å². The summed E-state index contributed by atoms with van der Waals surface area (Å²) in [5.74, 6) is -0.317. The van der Waals surface area contributed by atoms with Gasteiger partial charge in [0.2, 0.25) is 5.91 Å². The summed E-state index contributed by atoms with van der Waals surface area (Å²) >= 11 is 0. The van der Waals surface area contributed by atoms with Gasteiger partial charge < -0.3 is 10.6 Å². The van der Waals surface area contributed by atoms with E-state index in [2.05, 4.69) is 47.8 Å². The Morgan fingerprint density at radius 1 is 1.10 bits per heavy atom. The van der Waals surface area contributed by atoms with E-state index < -0.39 is 0 Å². The number of anilines is 1. The molecule has 2 aromatic carbocycles. The van der Waals surface area contributed by atoms with Gasteiger partial charge in [-0.1, -0.05) is 12.1 Å². The van der Waals surface area contributed by atoms with Crippen LogP contribution in [0.15, 0.2) is 48.7 Å². The molecule has 30 heavy (non-hydrogen) atoms. The summed E-state index contributed by atoms with van der Waals surface area (Å²) in [5.41, 5.74) is 6.83. The number of nitrogens with zero attached hydrogens (tertiary/aromatic N) is 2. The molecule has 3 aromatic rings. The van der Waals surface area contributed by atoms with Crippen LogP contribution >= 0.6 is 0 Å². The third-order valence-electron chi connectivity index (χ3n) is 5.38. The van der Waals surface area contributed by atoms with E-state index in [4.69, 9.17) is 0 Å². The Morgan fingerprint density at radius 2 is 1.87 bits per heavy atom. The molecule has 1 atom stereocenters. The van der Waals surface area contributed by atoms with Gasteiger partial charge in [-0.3, -0.25) is 9.59 Å². The second-order valence-corrected chi connectivity index (χ2v) is 7.98. The molecule has 1 aliphatic rings. The summed E-state index contributed by atoms with van der Waals surface area (Å²) in [6.45, 7) is 5.62. The summed E-state index contributed by atoms with van der Waals surface area (Å²) in [5, 5.41) is 10.5. The average molecular weight is 402 g/mol. The quantitative estimate of drug-likeness (QED) is 0.685. The lowest BCUT2D eigenvalue weighted by Crippen LogP contribution is -2.31. The van der Waals surface area contributed by atoms with Crippen molar-refractivity contribution < 1.29 is 9.59 Å². The molecule has 2 N–H and O–H groups in total. The standard InChI is InChI=1S/C24H26N4O2/c1-15-10-16(2)12-20(11-15)28-23-9-5-8-22(21(23)14-25-28)27-24(30)18-6-4-7-19(13-18)26-17(3)29/h4,6-7,10-14,22H,5,8-9H2,1-3H3,(H,26,29)(H,27,30)/t22-/m0/s1. The molecule has 1 aliphatic carbocycles. The Balaban J connectivity index is 1.58. The highest BCUT2D eigenvalue weighted by atomic mass is 16.2. The Labute approximate surface area is 176 Å². The van der Waals surface area contributed by atoms with Gasteiger partial charge in [0.1, 0.15) is 0 Å². The van der Waals surface area contributed by atoms with Crippen LogP contribution in [-0.2, 0) is 11.2 Å². The van der Waals surface area contributed by atoms with Gasteiger partial charge in [-0.15, -0.1) is 0 Å². The normalized spacial score (nSPS) is 15.4. The molecule has 1 heterocycles. The highest BCUT2D eigenvalue weighted by Gasteiger charge is 2.26. The van der Waals surface area contributed by atoms with Crippen molar-refractivity contribution in [3.05, 3.63) is 76.6 Å². The molecule has 6 nitrogen and oxygen atoms in total. The van der Waals surface area contributed by atoms with Gasteiger partial charge in [0, 0.05) is 29.4 Å². The minimum atomic E-state index is -0.164. The highest BCUT2D eigenvalue weighted by molar-refractivity contribution is 5.97. The molecule has 0 radical (unpaired) electrons. The molecule has 0 saturated heterocycles. The lowest BCUT2D eigenvalue weighted by atomic mass is 9.92. The minimum Gasteiger partial charge on any atom is -0.345 e. The number of hydrogen-bond acceptors (Lipinski definition) is 3. The first-order valence-corrected chi connectivity index (χ1v) is 10.2. The zero-order chi connectivity index (χ0) is 21.3. The van der Waals surface area contributed by atoms with E-state index in [0.717, 1.165) is 36.2 Å². The second kappa shape index (κ2) is 8.14. The van der Waals surface area contributed by atoms with Crippen molar-refractivity contribution >= 4 is 17.5 Å². The Hall–Kier alpha value is -3.41. The largest absolute Gasteiger partial charge is 0.345 e. The number of aryl methyl sites for hydroxylation is 2. The molecule has 154 valence electrons. The lowest BCUT2D eigenvalue weighted by Gasteiger charge is -2.24. The maximum Gasteiger partial charge on any atom is 0.251 e. The first-order chi connectivity index (χ1) is 14.4. The topological polar surface area (TPSA) is 76.0 Å². The van der Waals surface area contributed by atoms with E-state index in [1.807, 2.05) is 10.9 Å². The Kier molecular flexibility index (Phi) is 5.40. The zero-order valence-corrected chi connectivity index (χ0v) is 17.5. The number of hydrogen-bond donors (Lipinski definition) is 2. The van der Waals surface area contributed by atoms with Crippen LogP contribution in [0.4, 0.5) is 5.69 Å². The smallest absolute Gasteiger partial charge is 0.251 e. The Morgan fingerprint density at radius 3 is 2.60 bits per heavy atom. The first kappa shape index (κ1) is 19.9. The fourth-order valence-corrected chi connectivity index (χ4v) is 4.19. The molecule has 4 rings (SSSR count). The van der Waals surface area contributed by atoms with Crippen molar-refractivity contribution in [3.63, 3.8) is 0 Å². The number of nitrogens with one attached hydrogen (secondary N) is 2. The molecule has 6 heteroatoms. The zero-order valence-electron chi connectivity index (χ0n) is 17.5. The SMILES string of the molecule is CC(=O)Nc1cccc(C(=O)N[C@H]2CCCc3c2cnn3-c2cc(C)cc(C)c2)c1. The summed E-state index contributed by atoms with van der Waals surface area (Å²) < 4.78 is 2.01. The molecule has 0 unspecified atom stereocenters. The fourth-order valence-electron chi connectivity index (χ4n) is 4.19. The predicted molar refractivity (Wildman–Crippen MR) is 117 cm³/mol. The van der Waals surface area contributed by atoms with E-state index >= 15 is 0 Å². The molecule has 0 fully saturated rings. The maximum atomic E-state index is 12.9. The molecular formula is C24H26N4O2. The van der Waals surface area contributed by atoms with E-state index in [9.17, 15) is 9.59 Å². The number of amides is 2. The average Bonchev–Trinajstić information content (AvgIpc) is 3.12. The van der Waals surface area contributed by atoms with Crippen LogP contribution in [0.5, 0.6) is 0 Å². The molecule has 0 saturated carbocycles. The maximum absolute atomic E-state index is 12.9. The van der Waals surface area contributed by atoms with Gasteiger partial charge in [0.05, 0.1) is 17.9 Å². The predicted octanol–water partition coefficient (Wildman–Crippen LogP) is 4.25. The minimum absolute atomic E-state index is 0.0784. The van der Waals surface area contributed by atoms with Gasteiger partial charge in [-0.05, 0) is 74.6 Å². The van der Waals surface area contributed by atoms with Crippen molar-refractivity contribution in [1.29, 1.82) is 0 Å². The summed E-state index contributed by atoms with van der Waals surface area (Å²) in [4.78, 5) is 24.2. The summed E-state index contributed by atoms with van der Waals surface area (Å²) in [6, 6.07) is 13.3. The van der Waals surface area contributed by atoms with Crippen LogP contribution < -0.4 is 10.6 Å². The van der Waals surface area contributed by atoms with Crippen LogP contribution in [0.1, 0.15) is 58.5 Å². The second-order valence-electron chi connectivity index (χ2n) is 7.98. The van der Waals surface area contributed by atoms with Crippen molar-refractivity contribution in [3.8, 4) is 5.69 Å². The Bertz CT molecular complexity index is 1100. The van der Waals surface area contributed by atoms with Crippen LogP contribution in [0.25, 0.3) is 5.69 Å². The molecule has 1 aromatic heterocycles. The number of rotatable bonds is 4. The number of carbonyl (C=O) groups excluding carboxylic acids is 2. The summed E-state index contributed by atoms with van der Waals surface area (Å²) in [7, 11) is 0. The fraction of sp³-hybridized carbons (Fsp3) is 0.292. The van der Waals surface area contributed by atoms with Gasteiger partial charge in [-0.25, -0.2) is 4.68 Å². The summed E-state index contributed by atoms with van der Waals surface area (Å²) in [6.07, 6.45) is 4.68.